The highest BCUT2D eigenvalue weighted by Gasteiger charge is 2.24. The van der Waals surface area contributed by atoms with Crippen molar-refractivity contribution in [1.82, 2.24) is 5.32 Å². The Morgan fingerprint density at radius 1 is 0.971 bits per heavy atom. The molecule has 12 heteroatoms. The first-order chi connectivity index (χ1) is 16.6. The fourth-order valence-corrected chi connectivity index (χ4v) is 3.16. The summed E-state index contributed by atoms with van der Waals surface area (Å²) in [5.41, 5.74) is 4.72. The zero-order chi connectivity index (χ0) is 25.7. The van der Waals surface area contributed by atoms with E-state index in [0.717, 1.165) is 18.2 Å². The molecule has 0 spiro atoms. The van der Waals surface area contributed by atoms with Gasteiger partial charge in [-0.2, -0.15) is 5.26 Å². The predicted octanol–water partition coefficient (Wildman–Crippen LogP) is 4.18. The molecule has 0 fully saturated rings. The second kappa shape index (κ2) is 10.4. The van der Waals surface area contributed by atoms with E-state index < -0.39 is 41.1 Å². The maximum atomic E-state index is 13.7. The van der Waals surface area contributed by atoms with Gasteiger partial charge in [-0.3, -0.25) is 14.9 Å². The van der Waals surface area contributed by atoms with Crippen LogP contribution in [0.15, 0.2) is 60.7 Å². The third kappa shape index (κ3) is 5.58. The molecule has 3 aromatic carbocycles. The van der Waals surface area contributed by atoms with E-state index in [1.807, 2.05) is 6.07 Å². The summed E-state index contributed by atoms with van der Waals surface area (Å²) in [4.78, 5) is 49.5. The third-order valence-electron chi connectivity index (χ3n) is 4.56. The van der Waals surface area contributed by atoms with Crippen molar-refractivity contribution >= 4 is 46.9 Å². The smallest absolute Gasteiger partial charge is 0.326 e. The third-order valence-corrected chi connectivity index (χ3v) is 4.87. The number of nitrogens with zero attached hydrogens (tertiary/aromatic N) is 2. The Kier molecular flexibility index (Phi) is 7.38. The Morgan fingerprint density at radius 2 is 1.60 bits per heavy atom. The van der Waals surface area contributed by atoms with Crippen LogP contribution in [0.3, 0.4) is 0 Å². The van der Waals surface area contributed by atoms with E-state index in [4.69, 9.17) is 22.6 Å². The van der Waals surface area contributed by atoms with Gasteiger partial charge in [0.05, 0.1) is 16.3 Å². The van der Waals surface area contributed by atoms with Crippen molar-refractivity contribution in [2.24, 2.45) is 5.73 Å². The Bertz CT molecular complexity index is 1370. The summed E-state index contributed by atoms with van der Waals surface area (Å²) in [6.07, 6.45) is 0. The summed E-state index contributed by atoms with van der Waals surface area (Å²) in [5, 5.41) is 13.0. The first-order valence-corrected chi connectivity index (χ1v) is 10.00. The van der Waals surface area contributed by atoms with Crippen LogP contribution in [-0.2, 0) is 0 Å². The van der Waals surface area contributed by atoms with Gasteiger partial charge in [0.1, 0.15) is 23.3 Å². The number of nitriles is 1. The summed E-state index contributed by atoms with van der Waals surface area (Å²) < 4.78 is 27.4. The minimum atomic E-state index is -1.29. The molecule has 0 heterocycles. The van der Waals surface area contributed by atoms with E-state index in [1.165, 1.54) is 42.5 Å². The van der Waals surface area contributed by atoms with E-state index in [-0.39, 0.29) is 27.5 Å². The number of primary amides is 1. The molecule has 0 unspecified atom stereocenters. The molecule has 0 aromatic heterocycles. The van der Waals surface area contributed by atoms with Crippen LogP contribution in [0.5, 0.6) is 0 Å². The average Bonchev–Trinajstić information content (AvgIpc) is 2.79. The fraction of sp³-hybridized carbons (Fsp3) is 0. The lowest BCUT2D eigenvalue weighted by atomic mass is 10.1. The van der Waals surface area contributed by atoms with Crippen LogP contribution in [0, 0.1) is 23.0 Å². The molecular weight excluding hydrogens is 484 g/mol. The highest BCUT2D eigenvalue weighted by atomic mass is 35.5. The van der Waals surface area contributed by atoms with Gasteiger partial charge in [-0.15, -0.1) is 0 Å². The van der Waals surface area contributed by atoms with Crippen molar-refractivity contribution in [3.05, 3.63) is 94.0 Å². The summed E-state index contributed by atoms with van der Waals surface area (Å²) in [5.74, 6) is -4.39. The van der Waals surface area contributed by atoms with E-state index in [2.05, 4.69) is 5.32 Å². The summed E-state index contributed by atoms with van der Waals surface area (Å²) in [6.45, 7) is 0. The van der Waals surface area contributed by atoms with E-state index in [1.54, 1.807) is 5.32 Å². The van der Waals surface area contributed by atoms with Crippen molar-refractivity contribution in [2.45, 2.75) is 0 Å². The van der Waals surface area contributed by atoms with Crippen molar-refractivity contribution in [2.75, 3.05) is 10.2 Å². The van der Waals surface area contributed by atoms with Gasteiger partial charge < -0.3 is 11.1 Å². The number of anilines is 2. The van der Waals surface area contributed by atoms with Crippen LogP contribution in [0.25, 0.3) is 0 Å². The molecule has 0 aliphatic carbocycles. The van der Waals surface area contributed by atoms with Crippen LogP contribution in [0.2, 0.25) is 5.02 Å². The van der Waals surface area contributed by atoms with Crippen molar-refractivity contribution in [3.8, 4) is 6.07 Å². The van der Waals surface area contributed by atoms with Crippen LogP contribution < -0.4 is 21.3 Å². The van der Waals surface area contributed by atoms with Crippen LogP contribution >= 0.6 is 11.6 Å². The molecule has 0 radical (unpaired) electrons. The molecule has 0 saturated heterocycles. The van der Waals surface area contributed by atoms with Crippen LogP contribution in [0.4, 0.5) is 29.7 Å². The molecule has 0 saturated carbocycles. The van der Waals surface area contributed by atoms with Gasteiger partial charge in [-0.25, -0.2) is 23.3 Å². The highest BCUT2D eigenvalue weighted by Crippen LogP contribution is 2.25. The van der Waals surface area contributed by atoms with Crippen LogP contribution in [-0.4, -0.2) is 23.9 Å². The van der Waals surface area contributed by atoms with E-state index >= 15 is 0 Å². The normalized spacial score (nSPS) is 10.1. The number of hydrogen-bond donors (Lipinski definition) is 3. The van der Waals surface area contributed by atoms with Crippen molar-refractivity contribution < 1.29 is 28.0 Å². The largest absolute Gasteiger partial charge is 0.351 e. The van der Waals surface area contributed by atoms with Gasteiger partial charge in [0.25, 0.3) is 11.8 Å². The predicted molar refractivity (Wildman–Crippen MR) is 122 cm³/mol. The number of nitrogens with two attached hydrogens (primary N) is 1. The first-order valence-electron chi connectivity index (χ1n) is 9.62. The molecule has 35 heavy (non-hydrogen) atoms. The molecule has 6 amide bonds. The quantitative estimate of drug-likeness (QED) is 0.495. The molecule has 3 aromatic rings. The topological polar surface area (TPSA) is 145 Å². The molecule has 0 bridgehead atoms. The minimum absolute atomic E-state index is 0.000237. The molecule has 0 atom stereocenters. The number of carbonyl (C=O) groups excluding carboxylic acids is 4. The van der Waals surface area contributed by atoms with E-state index in [9.17, 15) is 28.0 Å². The molecule has 3 rings (SSSR count). The highest BCUT2D eigenvalue weighted by molar-refractivity contribution is 6.32. The Balaban J connectivity index is 1.72. The number of carbonyl (C=O) groups is 4. The number of amides is 6. The fourth-order valence-electron chi connectivity index (χ4n) is 2.95. The Labute approximate surface area is 201 Å². The molecular formula is C23H14ClF2N5O4. The van der Waals surface area contributed by atoms with Crippen LogP contribution in [0.1, 0.15) is 26.3 Å². The lowest BCUT2D eigenvalue weighted by molar-refractivity contribution is 0.0956. The Morgan fingerprint density at radius 3 is 2.14 bits per heavy atom. The number of rotatable bonds is 4. The SMILES string of the molecule is N#Cc1ccc(N(C(N)=O)C(=O)c2ccc(NC(=O)NC(=O)c3c(F)cccc3F)cc2)cc1Cl. The number of halogens is 3. The minimum Gasteiger partial charge on any atom is -0.351 e. The van der Waals surface area contributed by atoms with Gasteiger partial charge >= 0.3 is 12.1 Å². The van der Waals surface area contributed by atoms with Gasteiger partial charge in [0, 0.05) is 11.3 Å². The second-order valence-electron chi connectivity index (χ2n) is 6.84. The number of urea groups is 2. The molecule has 9 nitrogen and oxygen atoms in total. The Hall–Kier alpha value is -4.82. The zero-order valence-electron chi connectivity index (χ0n) is 17.5. The monoisotopic (exact) mass is 497 g/mol. The summed E-state index contributed by atoms with van der Waals surface area (Å²) in [7, 11) is 0. The standard InChI is InChI=1S/C23H14ClF2N5O4/c24-16-10-15(9-6-13(16)11-27)31(22(28)34)21(33)12-4-7-14(8-5-12)29-23(35)30-20(32)19-17(25)2-1-3-18(19)26/h1-10H,(H2,28,34)(H2,29,30,32,35). The molecule has 0 aliphatic rings. The maximum Gasteiger partial charge on any atom is 0.326 e. The number of hydrogen-bond acceptors (Lipinski definition) is 5. The molecule has 0 aliphatic heterocycles. The second-order valence-corrected chi connectivity index (χ2v) is 7.24. The maximum absolute atomic E-state index is 13.7. The molecule has 4 N–H and O–H groups in total. The average molecular weight is 498 g/mol. The van der Waals surface area contributed by atoms with Gasteiger partial charge in [0.2, 0.25) is 0 Å². The van der Waals surface area contributed by atoms with Gasteiger partial charge in [-0.1, -0.05) is 17.7 Å². The lowest BCUT2D eigenvalue weighted by Gasteiger charge is -2.19. The van der Waals surface area contributed by atoms with E-state index in [0.29, 0.717) is 4.90 Å². The zero-order valence-corrected chi connectivity index (χ0v) is 18.3. The lowest BCUT2D eigenvalue weighted by Crippen LogP contribution is -2.41. The number of benzene rings is 3. The van der Waals surface area contributed by atoms with Gasteiger partial charge in [0.15, 0.2) is 0 Å². The van der Waals surface area contributed by atoms with Crippen molar-refractivity contribution in [3.63, 3.8) is 0 Å². The summed E-state index contributed by atoms with van der Waals surface area (Å²) >= 11 is 5.97. The molecule has 176 valence electrons. The first kappa shape index (κ1) is 24.8. The number of nitrogens with one attached hydrogen (secondary N) is 2. The number of imide groups is 2. The summed E-state index contributed by atoms with van der Waals surface area (Å²) in [6, 6.07) is 11.4. The van der Waals surface area contributed by atoms with Crippen molar-refractivity contribution in [1.29, 1.82) is 5.26 Å². The van der Waals surface area contributed by atoms with Gasteiger partial charge in [-0.05, 0) is 54.6 Å².